The largest absolute Gasteiger partial charge is 0.497 e. The highest BCUT2D eigenvalue weighted by Crippen LogP contribution is 2.21. The van der Waals surface area contributed by atoms with Gasteiger partial charge in [0.05, 0.1) is 7.11 Å². The zero-order valence-corrected chi connectivity index (χ0v) is 14.8. The molecule has 5 nitrogen and oxygen atoms in total. The van der Waals surface area contributed by atoms with Crippen LogP contribution in [-0.4, -0.2) is 54.7 Å². The van der Waals surface area contributed by atoms with E-state index >= 15 is 0 Å². The van der Waals surface area contributed by atoms with Gasteiger partial charge in [-0.15, -0.1) is 0 Å². The third-order valence-electron chi connectivity index (χ3n) is 4.67. The third kappa shape index (κ3) is 4.03. The predicted octanol–water partition coefficient (Wildman–Crippen LogP) is 2.72. The Bertz CT molecular complexity index is 651. The molecule has 1 aliphatic heterocycles. The molecule has 1 aliphatic rings. The number of benzene rings is 1. The van der Waals surface area contributed by atoms with Gasteiger partial charge >= 0.3 is 0 Å². The van der Waals surface area contributed by atoms with Crippen LogP contribution < -0.4 is 9.64 Å². The first kappa shape index (κ1) is 16.7. The van der Waals surface area contributed by atoms with Gasteiger partial charge in [0.15, 0.2) is 0 Å². The van der Waals surface area contributed by atoms with Gasteiger partial charge in [-0.1, -0.05) is 19.1 Å². The van der Waals surface area contributed by atoms with Crippen LogP contribution in [0.1, 0.15) is 24.2 Å². The second kappa shape index (κ2) is 7.62. The van der Waals surface area contributed by atoms with E-state index in [4.69, 9.17) is 4.74 Å². The molecule has 2 aromatic rings. The minimum atomic E-state index is 0.517. The molecule has 128 valence electrons. The van der Waals surface area contributed by atoms with Crippen molar-refractivity contribution in [3.63, 3.8) is 0 Å². The summed E-state index contributed by atoms with van der Waals surface area (Å²) in [7, 11) is 1.71. The molecule has 1 aromatic heterocycles. The molecule has 3 rings (SSSR count). The first-order chi connectivity index (χ1) is 11.7. The van der Waals surface area contributed by atoms with Gasteiger partial charge in [-0.05, 0) is 36.6 Å². The molecule has 5 heteroatoms. The zero-order valence-electron chi connectivity index (χ0n) is 14.8. The Hall–Kier alpha value is -2.14. The maximum absolute atomic E-state index is 5.23. The molecule has 0 saturated carbocycles. The number of methoxy groups -OCH3 is 1. The van der Waals surface area contributed by atoms with E-state index in [0.717, 1.165) is 50.1 Å². The van der Waals surface area contributed by atoms with Crippen molar-refractivity contribution in [2.45, 2.75) is 19.8 Å². The van der Waals surface area contributed by atoms with Crippen molar-refractivity contribution in [1.82, 2.24) is 14.9 Å². The lowest BCUT2D eigenvalue weighted by molar-refractivity contribution is 0.245. The minimum Gasteiger partial charge on any atom is -0.497 e. The molecule has 0 amide bonds. The molecule has 0 unspecified atom stereocenters. The second-order valence-corrected chi connectivity index (χ2v) is 6.42. The molecule has 1 fully saturated rings. The molecule has 0 spiro atoms. The Kier molecular flexibility index (Phi) is 5.30. The monoisotopic (exact) mass is 326 g/mol. The third-order valence-corrected chi connectivity index (χ3v) is 4.67. The number of nitrogens with zero attached hydrogens (tertiary/aromatic N) is 4. The van der Waals surface area contributed by atoms with Crippen molar-refractivity contribution in [3.05, 3.63) is 47.9 Å². The first-order valence-corrected chi connectivity index (χ1v) is 8.56. The Morgan fingerprint density at radius 2 is 1.79 bits per heavy atom. The van der Waals surface area contributed by atoms with Crippen molar-refractivity contribution < 1.29 is 4.74 Å². The Morgan fingerprint density at radius 1 is 1.08 bits per heavy atom. The topological polar surface area (TPSA) is 41.5 Å². The van der Waals surface area contributed by atoms with Crippen LogP contribution in [0, 0.1) is 6.92 Å². The first-order valence-electron chi connectivity index (χ1n) is 8.56. The molecule has 1 aromatic carbocycles. The van der Waals surface area contributed by atoms with Crippen LogP contribution in [-0.2, 0) is 0 Å². The lowest BCUT2D eigenvalue weighted by Gasteiger charge is -2.36. The van der Waals surface area contributed by atoms with Crippen LogP contribution in [0.25, 0.3) is 0 Å². The van der Waals surface area contributed by atoms with Gasteiger partial charge in [0.25, 0.3) is 0 Å². The molecule has 0 aliphatic carbocycles. The summed E-state index contributed by atoms with van der Waals surface area (Å²) in [5.74, 6) is 3.32. The Labute approximate surface area is 144 Å². The predicted molar refractivity (Wildman–Crippen MR) is 96.8 cm³/mol. The maximum atomic E-state index is 5.23. The molecule has 2 heterocycles. The second-order valence-electron chi connectivity index (χ2n) is 6.42. The number of anilines is 1. The van der Waals surface area contributed by atoms with Gasteiger partial charge in [-0.2, -0.15) is 0 Å². The summed E-state index contributed by atoms with van der Waals surface area (Å²) in [5.41, 5.74) is 1.37. The van der Waals surface area contributed by atoms with E-state index in [2.05, 4.69) is 38.8 Å². The van der Waals surface area contributed by atoms with E-state index in [9.17, 15) is 0 Å². The van der Waals surface area contributed by atoms with Crippen molar-refractivity contribution in [2.75, 3.05) is 44.7 Å². The van der Waals surface area contributed by atoms with Crippen molar-refractivity contribution in [3.8, 4) is 5.75 Å². The highest BCUT2D eigenvalue weighted by Gasteiger charge is 2.20. The minimum absolute atomic E-state index is 0.517. The Morgan fingerprint density at radius 3 is 2.42 bits per heavy atom. The SMILES string of the molecule is COc1ccc([C@@H](C)CN2CCN(c3ccnc(C)n3)CC2)cc1. The number of aryl methyl sites for hydroxylation is 1. The molecular weight excluding hydrogens is 300 g/mol. The fourth-order valence-corrected chi connectivity index (χ4v) is 3.20. The van der Waals surface area contributed by atoms with E-state index in [0.29, 0.717) is 5.92 Å². The summed E-state index contributed by atoms with van der Waals surface area (Å²) in [4.78, 5) is 13.6. The van der Waals surface area contributed by atoms with Gasteiger partial charge in [-0.3, -0.25) is 4.90 Å². The summed E-state index contributed by atoms with van der Waals surface area (Å²) >= 11 is 0. The smallest absolute Gasteiger partial charge is 0.132 e. The van der Waals surface area contributed by atoms with Crippen LogP contribution in [0.3, 0.4) is 0 Å². The van der Waals surface area contributed by atoms with E-state index in [1.54, 1.807) is 7.11 Å². The van der Waals surface area contributed by atoms with Crippen molar-refractivity contribution in [2.24, 2.45) is 0 Å². The molecule has 1 saturated heterocycles. The van der Waals surface area contributed by atoms with Gasteiger partial charge in [-0.25, -0.2) is 9.97 Å². The molecule has 0 bridgehead atoms. The number of rotatable bonds is 5. The summed E-state index contributed by atoms with van der Waals surface area (Å²) in [6.45, 7) is 9.51. The van der Waals surface area contributed by atoms with Gasteiger partial charge in [0.2, 0.25) is 0 Å². The van der Waals surface area contributed by atoms with Crippen LogP contribution in [0.2, 0.25) is 0 Å². The Balaban J connectivity index is 1.53. The number of piperazine rings is 1. The van der Waals surface area contributed by atoms with Crippen LogP contribution >= 0.6 is 0 Å². The zero-order chi connectivity index (χ0) is 16.9. The summed E-state index contributed by atoms with van der Waals surface area (Å²) in [6.07, 6.45) is 1.84. The highest BCUT2D eigenvalue weighted by atomic mass is 16.5. The fourth-order valence-electron chi connectivity index (χ4n) is 3.20. The molecular formula is C19H26N4O. The lowest BCUT2D eigenvalue weighted by Crippen LogP contribution is -2.47. The number of hydrogen-bond acceptors (Lipinski definition) is 5. The highest BCUT2D eigenvalue weighted by molar-refractivity contribution is 5.38. The van der Waals surface area contributed by atoms with E-state index in [1.807, 2.05) is 31.3 Å². The normalized spacial score (nSPS) is 16.9. The maximum Gasteiger partial charge on any atom is 0.132 e. The van der Waals surface area contributed by atoms with E-state index in [1.165, 1.54) is 5.56 Å². The van der Waals surface area contributed by atoms with Crippen LogP contribution in [0.5, 0.6) is 5.75 Å². The van der Waals surface area contributed by atoms with Crippen LogP contribution in [0.15, 0.2) is 36.5 Å². The van der Waals surface area contributed by atoms with Gasteiger partial charge < -0.3 is 9.64 Å². The van der Waals surface area contributed by atoms with Gasteiger partial charge in [0, 0.05) is 38.9 Å². The number of ether oxygens (including phenoxy) is 1. The standard InChI is InChI=1S/C19H26N4O/c1-15(17-4-6-18(24-3)7-5-17)14-22-10-12-23(13-11-22)19-8-9-20-16(2)21-19/h4-9,15H,10-14H2,1-3H3/t15-/m0/s1. The summed E-state index contributed by atoms with van der Waals surface area (Å²) in [6, 6.07) is 10.4. The lowest BCUT2D eigenvalue weighted by atomic mass is 10.00. The quantitative estimate of drug-likeness (QED) is 0.845. The van der Waals surface area contributed by atoms with Crippen molar-refractivity contribution >= 4 is 5.82 Å². The fraction of sp³-hybridized carbons (Fsp3) is 0.474. The molecule has 0 radical (unpaired) electrons. The summed E-state index contributed by atoms with van der Waals surface area (Å²) in [5, 5.41) is 0. The average molecular weight is 326 g/mol. The van der Waals surface area contributed by atoms with E-state index < -0.39 is 0 Å². The summed E-state index contributed by atoms with van der Waals surface area (Å²) < 4.78 is 5.23. The van der Waals surface area contributed by atoms with Crippen LogP contribution in [0.4, 0.5) is 5.82 Å². The van der Waals surface area contributed by atoms with Gasteiger partial charge in [0.1, 0.15) is 17.4 Å². The van der Waals surface area contributed by atoms with E-state index in [-0.39, 0.29) is 0 Å². The van der Waals surface area contributed by atoms with Crippen molar-refractivity contribution in [1.29, 1.82) is 0 Å². The number of aromatic nitrogens is 2. The molecule has 0 N–H and O–H groups in total. The molecule has 24 heavy (non-hydrogen) atoms. The molecule has 1 atom stereocenters. The average Bonchev–Trinajstić information content (AvgIpc) is 2.62. The number of hydrogen-bond donors (Lipinski definition) is 0.